The van der Waals surface area contributed by atoms with Gasteiger partial charge in [0.15, 0.2) is 0 Å². The molecule has 0 unspecified atom stereocenters. The number of carboxylic acid groups (broad SMARTS) is 1. The van der Waals surface area contributed by atoms with Crippen molar-refractivity contribution in [1.29, 1.82) is 0 Å². The molecule has 98 valence electrons. The quantitative estimate of drug-likeness (QED) is 0.751. The summed E-state index contributed by atoms with van der Waals surface area (Å²) in [4.78, 5) is 12.3. The normalized spacial score (nSPS) is 11.3. The summed E-state index contributed by atoms with van der Waals surface area (Å²) in [6.45, 7) is 1.05. The van der Waals surface area contributed by atoms with Gasteiger partial charge in [-0.1, -0.05) is 6.07 Å². The van der Waals surface area contributed by atoms with E-state index in [1.807, 2.05) is 11.9 Å². The van der Waals surface area contributed by atoms with Crippen molar-refractivity contribution in [3.63, 3.8) is 0 Å². The van der Waals surface area contributed by atoms with Crippen molar-refractivity contribution in [3.8, 4) is 0 Å². The van der Waals surface area contributed by atoms with Gasteiger partial charge in [-0.15, -0.1) is 0 Å². The SMILES string of the molecule is CN(CCO)Cc1ccc(F)cc1C=CC(=O)O. The van der Waals surface area contributed by atoms with Crippen LogP contribution in [-0.2, 0) is 11.3 Å². The van der Waals surface area contributed by atoms with Crippen molar-refractivity contribution >= 4 is 12.0 Å². The summed E-state index contributed by atoms with van der Waals surface area (Å²) < 4.78 is 13.1. The maximum Gasteiger partial charge on any atom is 0.328 e. The van der Waals surface area contributed by atoms with E-state index in [2.05, 4.69) is 0 Å². The fourth-order valence-corrected chi connectivity index (χ4v) is 1.57. The van der Waals surface area contributed by atoms with Gasteiger partial charge < -0.3 is 10.2 Å². The van der Waals surface area contributed by atoms with E-state index in [9.17, 15) is 9.18 Å². The number of nitrogens with zero attached hydrogens (tertiary/aromatic N) is 1. The lowest BCUT2D eigenvalue weighted by atomic mass is 10.1. The average Bonchev–Trinajstić information content (AvgIpc) is 2.29. The minimum absolute atomic E-state index is 0.0397. The first kappa shape index (κ1) is 14.3. The highest BCUT2D eigenvalue weighted by atomic mass is 19.1. The largest absolute Gasteiger partial charge is 0.478 e. The van der Waals surface area contributed by atoms with Crippen LogP contribution in [0.15, 0.2) is 24.3 Å². The van der Waals surface area contributed by atoms with Gasteiger partial charge in [-0.25, -0.2) is 9.18 Å². The van der Waals surface area contributed by atoms with Gasteiger partial charge in [0.2, 0.25) is 0 Å². The molecule has 0 aromatic heterocycles. The van der Waals surface area contributed by atoms with Gasteiger partial charge in [0.05, 0.1) is 6.61 Å². The van der Waals surface area contributed by atoms with Crippen LogP contribution in [0.25, 0.3) is 6.08 Å². The first-order valence-electron chi connectivity index (χ1n) is 5.51. The van der Waals surface area contributed by atoms with Crippen LogP contribution in [0.3, 0.4) is 0 Å². The molecule has 0 saturated heterocycles. The number of aliphatic hydroxyl groups is 1. The van der Waals surface area contributed by atoms with E-state index >= 15 is 0 Å². The number of hydrogen-bond acceptors (Lipinski definition) is 3. The molecule has 1 aromatic rings. The van der Waals surface area contributed by atoms with Crippen molar-refractivity contribution in [3.05, 3.63) is 41.2 Å². The molecule has 0 aliphatic heterocycles. The molecule has 1 rings (SSSR count). The van der Waals surface area contributed by atoms with E-state index in [4.69, 9.17) is 10.2 Å². The predicted octanol–water partition coefficient (Wildman–Crippen LogP) is 1.35. The van der Waals surface area contributed by atoms with Crippen LogP contribution >= 0.6 is 0 Å². The van der Waals surface area contributed by atoms with Crippen molar-refractivity contribution < 1.29 is 19.4 Å². The highest BCUT2D eigenvalue weighted by Crippen LogP contribution is 2.15. The zero-order chi connectivity index (χ0) is 13.5. The van der Waals surface area contributed by atoms with Gasteiger partial charge in [-0.2, -0.15) is 0 Å². The molecular formula is C13H16FNO3. The third-order valence-corrected chi connectivity index (χ3v) is 2.44. The van der Waals surface area contributed by atoms with E-state index < -0.39 is 11.8 Å². The standard InChI is InChI=1S/C13H16FNO3/c1-15(6-7-16)9-11-2-4-12(14)8-10(11)3-5-13(17)18/h2-5,8,16H,6-7,9H2,1H3,(H,17,18). The van der Waals surface area contributed by atoms with Gasteiger partial charge in [0, 0.05) is 19.2 Å². The molecule has 0 aliphatic rings. The van der Waals surface area contributed by atoms with Crippen LogP contribution in [0.4, 0.5) is 4.39 Å². The van der Waals surface area contributed by atoms with Crippen LogP contribution in [0, 0.1) is 5.82 Å². The molecule has 0 aliphatic carbocycles. The number of carbonyl (C=O) groups is 1. The Labute approximate surface area is 105 Å². The van der Waals surface area contributed by atoms with E-state index in [0.29, 0.717) is 18.7 Å². The number of halogens is 1. The number of aliphatic carboxylic acids is 1. The lowest BCUT2D eigenvalue weighted by molar-refractivity contribution is -0.131. The molecule has 2 N–H and O–H groups in total. The van der Waals surface area contributed by atoms with E-state index in [0.717, 1.165) is 11.6 Å². The van der Waals surface area contributed by atoms with Crippen LogP contribution in [-0.4, -0.2) is 41.3 Å². The molecule has 18 heavy (non-hydrogen) atoms. The summed E-state index contributed by atoms with van der Waals surface area (Å²) in [6.07, 6.45) is 2.35. The fraction of sp³-hybridized carbons (Fsp3) is 0.308. The molecule has 4 nitrogen and oxygen atoms in total. The second-order valence-corrected chi connectivity index (χ2v) is 3.98. The topological polar surface area (TPSA) is 60.8 Å². The predicted molar refractivity (Wildman–Crippen MR) is 66.5 cm³/mol. The lowest BCUT2D eigenvalue weighted by Gasteiger charge is -2.16. The van der Waals surface area contributed by atoms with Crippen molar-refractivity contribution in [2.75, 3.05) is 20.2 Å². The zero-order valence-corrected chi connectivity index (χ0v) is 10.1. The number of rotatable bonds is 6. The molecule has 0 fully saturated rings. The average molecular weight is 253 g/mol. The van der Waals surface area contributed by atoms with E-state index in [1.165, 1.54) is 18.2 Å². The van der Waals surface area contributed by atoms with Gasteiger partial charge in [-0.05, 0) is 36.4 Å². The number of aliphatic hydroxyl groups excluding tert-OH is 1. The zero-order valence-electron chi connectivity index (χ0n) is 10.1. The Morgan fingerprint density at radius 1 is 1.50 bits per heavy atom. The van der Waals surface area contributed by atoms with Gasteiger partial charge >= 0.3 is 5.97 Å². The smallest absolute Gasteiger partial charge is 0.328 e. The Balaban J connectivity index is 2.92. The van der Waals surface area contributed by atoms with Crippen molar-refractivity contribution in [2.24, 2.45) is 0 Å². The molecule has 0 spiro atoms. The minimum Gasteiger partial charge on any atom is -0.478 e. The van der Waals surface area contributed by atoms with E-state index in [1.54, 1.807) is 6.07 Å². The number of carboxylic acids is 1. The van der Waals surface area contributed by atoms with Gasteiger partial charge in [-0.3, -0.25) is 4.90 Å². The maximum atomic E-state index is 13.1. The molecule has 0 atom stereocenters. The summed E-state index contributed by atoms with van der Waals surface area (Å²) in [5, 5.41) is 17.4. The Morgan fingerprint density at radius 2 is 2.22 bits per heavy atom. The van der Waals surface area contributed by atoms with Crippen LogP contribution < -0.4 is 0 Å². The number of hydrogen-bond donors (Lipinski definition) is 2. The first-order chi connectivity index (χ1) is 8.52. The maximum absolute atomic E-state index is 13.1. The van der Waals surface area contributed by atoms with Crippen LogP contribution in [0.5, 0.6) is 0 Å². The Hall–Kier alpha value is -1.72. The molecule has 5 heteroatoms. The van der Waals surface area contributed by atoms with Crippen LogP contribution in [0.1, 0.15) is 11.1 Å². The summed E-state index contributed by atoms with van der Waals surface area (Å²) in [6, 6.07) is 4.24. The fourth-order valence-electron chi connectivity index (χ4n) is 1.57. The van der Waals surface area contributed by atoms with Gasteiger partial charge in [0.25, 0.3) is 0 Å². The van der Waals surface area contributed by atoms with Crippen molar-refractivity contribution in [1.82, 2.24) is 4.90 Å². The highest BCUT2D eigenvalue weighted by Gasteiger charge is 2.05. The van der Waals surface area contributed by atoms with Crippen molar-refractivity contribution in [2.45, 2.75) is 6.54 Å². The third-order valence-electron chi connectivity index (χ3n) is 2.44. The van der Waals surface area contributed by atoms with E-state index in [-0.39, 0.29) is 6.61 Å². The molecule has 0 bridgehead atoms. The second kappa shape index (κ2) is 6.88. The molecular weight excluding hydrogens is 237 g/mol. The lowest BCUT2D eigenvalue weighted by Crippen LogP contribution is -2.21. The number of benzene rings is 1. The highest BCUT2D eigenvalue weighted by molar-refractivity contribution is 5.85. The summed E-state index contributed by atoms with van der Waals surface area (Å²) in [7, 11) is 1.82. The Morgan fingerprint density at radius 3 is 2.83 bits per heavy atom. The molecule has 0 amide bonds. The summed E-state index contributed by atoms with van der Waals surface area (Å²) in [5.74, 6) is -1.48. The Kier molecular flexibility index (Phi) is 5.48. The minimum atomic E-state index is -1.08. The summed E-state index contributed by atoms with van der Waals surface area (Å²) in [5.41, 5.74) is 1.34. The summed E-state index contributed by atoms with van der Waals surface area (Å²) >= 11 is 0. The molecule has 1 aromatic carbocycles. The van der Waals surface area contributed by atoms with Crippen LogP contribution in [0.2, 0.25) is 0 Å². The Bertz CT molecular complexity index is 446. The number of likely N-dealkylation sites (N-methyl/N-ethyl adjacent to an activating group) is 1. The first-order valence-corrected chi connectivity index (χ1v) is 5.51. The molecule has 0 radical (unpaired) electrons. The second-order valence-electron chi connectivity index (χ2n) is 3.98. The molecule has 0 saturated carbocycles. The third kappa shape index (κ3) is 4.65. The van der Waals surface area contributed by atoms with Gasteiger partial charge in [0.1, 0.15) is 5.82 Å². The monoisotopic (exact) mass is 253 g/mol. The molecule has 0 heterocycles.